The molecule has 0 aliphatic carbocycles. The molecule has 0 spiro atoms. The monoisotopic (exact) mass is 370 g/mol. The summed E-state index contributed by atoms with van der Waals surface area (Å²) in [5.74, 6) is 0.0249. The molecule has 0 heterocycles. The molecular formula is C18H27ClN2O4. The average Bonchev–Trinajstić information content (AvgIpc) is 2.52. The van der Waals surface area contributed by atoms with Crippen molar-refractivity contribution < 1.29 is 19.1 Å². The molecule has 0 saturated heterocycles. The third-order valence-corrected chi connectivity index (χ3v) is 3.58. The van der Waals surface area contributed by atoms with Crippen LogP contribution in [0.15, 0.2) is 24.3 Å². The highest BCUT2D eigenvalue weighted by Crippen LogP contribution is 2.15. The van der Waals surface area contributed by atoms with E-state index in [1.807, 2.05) is 36.2 Å². The second kappa shape index (κ2) is 9.51. The summed E-state index contributed by atoms with van der Waals surface area (Å²) in [4.78, 5) is 25.9. The molecule has 0 aliphatic heterocycles. The average molecular weight is 371 g/mol. The Labute approximate surface area is 154 Å². The Hall–Kier alpha value is -1.95. The molecule has 0 fully saturated rings. The van der Waals surface area contributed by atoms with Gasteiger partial charge in [-0.25, -0.2) is 9.59 Å². The number of alkyl carbamates (subject to hydrolysis) is 1. The first kappa shape index (κ1) is 21.1. The van der Waals surface area contributed by atoms with Gasteiger partial charge in [0.25, 0.3) is 0 Å². The first-order valence-electron chi connectivity index (χ1n) is 8.09. The van der Waals surface area contributed by atoms with Crippen LogP contribution in [0.1, 0.15) is 26.3 Å². The summed E-state index contributed by atoms with van der Waals surface area (Å²) in [7, 11) is 3.25. The largest absolute Gasteiger partial charge is 0.467 e. The third-order valence-electron chi connectivity index (χ3n) is 3.41. The van der Waals surface area contributed by atoms with E-state index >= 15 is 0 Å². The number of methoxy groups -OCH3 is 1. The molecule has 0 unspecified atom stereocenters. The molecule has 0 radical (unpaired) electrons. The van der Waals surface area contributed by atoms with E-state index in [1.165, 1.54) is 7.11 Å². The van der Waals surface area contributed by atoms with Crippen LogP contribution in [0.25, 0.3) is 0 Å². The van der Waals surface area contributed by atoms with Crippen molar-refractivity contribution in [3.05, 3.63) is 29.8 Å². The molecule has 25 heavy (non-hydrogen) atoms. The lowest BCUT2D eigenvalue weighted by atomic mass is 10.1. The van der Waals surface area contributed by atoms with Crippen LogP contribution in [-0.2, 0) is 20.7 Å². The number of alkyl halides is 1. The van der Waals surface area contributed by atoms with Gasteiger partial charge < -0.3 is 19.7 Å². The van der Waals surface area contributed by atoms with Crippen molar-refractivity contribution in [3.8, 4) is 0 Å². The Bertz CT molecular complexity index is 569. The molecule has 1 N–H and O–H groups in total. The van der Waals surface area contributed by atoms with Gasteiger partial charge in [0.2, 0.25) is 0 Å². The maximum Gasteiger partial charge on any atom is 0.408 e. The molecule has 6 nitrogen and oxygen atoms in total. The van der Waals surface area contributed by atoms with Crippen LogP contribution >= 0.6 is 11.6 Å². The lowest BCUT2D eigenvalue weighted by Crippen LogP contribution is -2.45. The van der Waals surface area contributed by atoms with E-state index < -0.39 is 23.7 Å². The highest BCUT2D eigenvalue weighted by Gasteiger charge is 2.25. The number of amides is 1. The first-order chi connectivity index (χ1) is 11.7. The second-order valence-electron chi connectivity index (χ2n) is 6.70. The summed E-state index contributed by atoms with van der Waals surface area (Å²) >= 11 is 5.75. The number of benzene rings is 1. The van der Waals surface area contributed by atoms with Gasteiger partial charge in [-0.2, -0.15) is 0 Å². The van der Waals surface area contributed by atoms with Gasteiger partial charge in [0.1, 0.15) is 11.6 Å². The molecular weight excluding hydrogens is 344 g/mol. The number of nitrogens with one attached hydrogen (secondary N) is 1. The predicted molar refractivity (Wildman–Crippen MR) is 99.3 cm³/mol. The van der Waals surface area contributed by atoms with Crippen LogP contribution in [-0.4, -0.2) is 50.3 Å². The number of carbonyl (C=O) groups excluding carboxylic acids is 2. The Balaban J connectivity index is 2.78. The van der Waals surface area contributed by atoms with Crippen LogP contribution in [0.4, 0.5) is 10.5 Å². The first-order valence-corrected chi connectivity index (χ1v) is 8.63. The van der Waals surface area contributed by atoms with Gasteiger partial charge in [-0.1, -0.05) is 12.1 Å². The van der Waals surface area contributed by atoms with Gasteiger partial charge in [-0.15, -0.1) is 11.6 Å². The molecule has 7 heteroatoms. The van der Waals surface area contributed by atoms with Gasteiger partial charge in [0.05, 0.1) is 7.11 Å². The van der Waals surface area contributed by atoms with Crippen molar-refractivity contribution in [1.29, 1.82) is 0 Å². The van der Waals surface area contributed by atoms with E-state index in [-0.39, 0.29) is 0 Å². The van der Waals surface area contributed by atoms with Gasteiger partial charge in [-0.05, 0) is 38.5 Å². The molecule has 1 aromatic carbocycles. The van der Waals surface area contributed by atoms with Crippen molar-refractivity contribution in [2.45, 2.75) is 38.8 Å². The zero-order valence-electron chi connectivity index (χ0n) is 15.5. The Morgan fingerprint density at radius 1 is 1.24 bits per heavy atom. The lowest BCUT2D eigenvalue weighted by Gasteiger charge is -2.23. The van der Waals surface area contributed by atoms with Crippen molar-refractivity contribution in [3.63, 3.8) is 0 Å². The number of carbonyl (C=O) groups is 2. The van der Waals surface area contributed by atoms with Gasteiger partial charge in [0, 0.05) is 31.6 Å². The zero-order chi connectivity index (χ0) is 19.0. The van der Waals surface area contributed by atoms with Crippen LogP contribution in [0.3, 0.4) is 0 Å². The number of rotatable bonds is 7. The Kier molecular flexibility index (Phi) is 8.03. The smallest absolute Gasteiger partial charge is 0.408 e. The molecule has 0 saturated carbocycles. The van der Waals surface area contributed by atoms with E-state index in [2.05, 4.69) is 5.32 Å². The molecule has 0 aliphatic rings. The van der Waals surface area contributed by atoms with E-state index in [0.29, 0.717) is 12.3 Å². The molecule has 1 atom stereocenters. The highest BCUT2D eigenvalue weighted by molar-refractivity contribution is 6.18. The quantitative estimate of drug-likeness (QED) is 0.590. The number of hydrogen-bond donors (Lipinski definition) is 1. The van der Waals surface area contributed by atoms with Crippen molar-refractivity contribution in [2.24, 2.45) is 0 Å². The fourth-order valence-electron chi connectivity index (χ4n) is 2.16. The summed E-state index contributed by atoms with van der Waals surface area (Å²) < 4.78 is 9.98. The molecule has 1 rings (SSSR count). The van der Waals surface area contributed by atoms with Crippen LogP contribution in [0.2, 0.25) is 0 Å². The highest BCUT2D eigenvalue weighted by atomic mass is 35.5. The Morgan fingerprint density at radius 3 is 2.32 bits per heavy atom. The predicted octanol–water partition coefficient (Wildman–Crippen LogP) is 2.97. The normalized spacial score (nSPS) is 12.2. The number of nitrogens with zero attached hydrogens (tertiary/aromatic N) is 1. The van der Waals surface area contributed by atoms with E-state index in [0.717, 1.165) is 17.8 Å². The van der Waals surface area contributed by atoms with Gasteiger partial charge in [-0.3, -0.25) is 0 Å². The minimum Gasteiger partial charge on any atom is -0.467 e. The number of halogens is 1. The van der Waals surface area contributed by atoms with Crippen LogP contribution in [0, 0.1) is 0 Å². The summed E-state index contributed by atoms with van der Waals surface area (Å²) in [6.07, 6.45) is -0.341. The van der Waals surface area contributed by atoms with E-state index in [4.69, 9.17) is 21.1 Å². The fourth-order valence-corrected chi connectivity index (χ4v) is 2.42. The number of esters is 1. The molecule has 0 bridgehead atoms. The third kappa shape index (κ3) is 7.65. The Morgan fingerprint density at radius 2 is 1.84 bits per heavy atom. The second-order valence-corrected chi connectivity index (χ2v) is 7.08. The summed E-state index contributed by atoms with van der Waals surface area (Å²) in [6.45, 7) is 6.02. The lowest BCUT2D eigenvalue weighted by molar-refractivity contribution is -0.143. The molecule has 140 valence electrons. The number of ether oxygens (including phenoxy) is 2. The van der Waals surface area contributed by atoms with Gasteiger partial charge >= 0.3 is 12.1 Å². The minimum absolute atomic E-state index is 0.311. The van der Waals surface area contributed by atoms with Crippen molar-refractivity contribution in [2.75, 3.05) is 31.5 Å². The topological polar surface area (TPSA) is 67.9 Å². The van der Waals surface area contributed by atoms with Crippen LogP contribution in [0.5, 0.6) is 0 Å². The fraction of sp³-hybridized carbons (Fsp3) is 0.556. The van der Waals surface area contributed by atoms with Crippen molar-refractivity contribution >= 4 is 29.4 Å². The summed E-state index contributed by atoms with van der Waals surface area (Å²) in [5, 5.41) is 2.57. The van der Waals surface area contributed by atoms with E-state index in [9.17, 15) is 9.59 Å². The van der Waals surface area contributed by atoms with E-state index in [1.54, 1.807) is 20.8 Å². The van der Waals surface area contributed by atoms with Crippen LogP contribution < -0.4 is 10.2 Å². The van der Waals surface area contributed by atoms with Gasteiger partial charge in [0.15, 0.2) is 0 Å². The minimum atomic E-state index is -0.814. The molecule has 0 aromatic heterocycles. The molecule has 1 amide bonds. The zero-order valence-corrected chi connectivity index (χ0v) is 16.2. The standard InChI is InChI=1S/C18H27ClN2O4/c1-18(2,3)25-17(23)20-15(16(22)24-5)12-13-6-8-14(9-7-13)21(4)11-10-19/h6-9,15H,10-12H2,1-5H3,(H,20,23)/t15-/m0/s1. The number of anilines is 1. The maximum atomic E-state index is 12.0. The van der Waals surface area contributed by atoms with Crippen molar-refractivity contribution in [1.82, 2.24) is 5.32 Å². The maximum absolute atomic E-state index is 12.0. The summed E-state index contributed by atoms with van der Waals surface area (Å²) in [6, 6.07) is 6.90. The number of hydrogen-bond acceptors (Lipinski definition) is 5. The summed E-state index contributed by atoms with van der Waals surface area (Å²) in [5.41, 5.74) is 1.29. The SMILES string of the molecule is COC(=O)[C@H](Cc1ccc(N(C)CCCl)cc1)NC(=O)OC(C)(C)C. The molecule has 1 aromatic rings.